The van der Waals surface area contributed by atoms with E-state index in [1.165, 1.54) is 23.5 Å². The Balaban J connectivity index is 2.43. The Morgan fingerprint density at radius 1 is 1.24 bits per heavy atom. The van der Waals surface area contributed by atoms with Crippen molar-refractivity contribution < 1.29 is 9.18 Å². The molecule has 2 nitrogen and oxygen atoms in total. The van der Waals surface area contributed by atoms with Gasteiger partial charge >= 0.3 is 0 Å². The van der Waals surface area contributed by atoms with E-state index in [1.54, 1.807) is 18.2 Å². The van der Waals surface area contributed by atoms with Crippen LogP contribution in [0.25, 0.3) is 11.6 Å². The van der Waals surface area contributed by atoms with Gasteiger partial charge < -0.3 is 5.73 Å². The summed E-state index contributed by atoms with van der Waals surface area (Å²) in [5.41, 5.74) is 6.33. The van der Waals surface area contributed by atoms with Crippen molar-refractivity contribution in [3.63, 3.8) is 0 Å². The number of benzene rings is 1. The number of thiophene rings is 1. The van der Waals surface area contributed by atoms with Gasteiger partial charge in [-0.25, -0.2) is 4.39 Å². The summed E-state index contributed by atoms with van der Waals surface area (Å²) in [5.74, 6) is -0.862. The summed E-state index contributed by atoms with van der Waals surface area (Å²) >= 11 is 1.51. The Hall–Kier alpha value is -1.94. The van der Waals surface area contributed by atoms with Crippen LogP contribution in [0.4, 0.5) is 4.39 Å². The standard InChI is InChI=1S/C13H10FNOS/c14-10-5-3-9(4-6-10)12(13(15)16)8-11-2-1-7-17-11/h1-8H,(H2,15,16)/b12-8+. The highest BCUT2D eigenvalue weighted by molar-refractivity contribution is 7.11. The van der Waals surface area contributed by atoms with Crippen molar-refractivity contribution in [3.05, 3.63) is 58.0 Å². The fourth-order valence-electron chi connectivity index (χ4n) is 1.44. The third kappa shape index (κ3) is 2.79. The van der Waals surface area contributed by atoms with Crippen molar-refractivity contribution in [3.8, 4) is 0 Å². The highest BCUT2D eigenvalue weighted by atomic mass is 32.1. The number of primary amides is 1. The van der Waals surface area contributed by atoms with Crippen molar-refractivity contribution >= 4 is 28.9 Å². The van der Waals surface area contributed by atoms with Gasteiger partial charge in [0.1, 0.15) is 5.82 Å². The van der Waals surface area contributed by atoms with Gasteiger partial charge in [-0.05, 0) is 35.2 Å². The molecule has 2 aromatic rings. The summed E-state index contributed by atoms with van der Waals surface area (Å²) in [5, 5.41) is 1.91. The number of nitrogens with two attached hydrogens (primary N) is 1. The average Bonchev–Trinajstić information content (AvgIpc) is 2.80. The molecular formula is C13H10FNOS. The summed E-state index contributed by atoms with van der Waals surface area (Å²) in [6, 6.07) is 9.47. The van der Waals surface area contributed by atoms with E-state index in [-0.39, 0.29) is 5.82 Å². The molecule has 0 aliphatic rings. The largest absolute Gasteiger partial charge is 0.366 e. The summed E-state index contributed by atoms with van der Waals surface area (Å²) < 4.78 is 12.8. The van der Waals surface area contributed by atoms with Crippen molar-refractivity contribution in [2.75, 3.05) is 0 Å². The number of hydrogen-bond acceptors (Lipinski definition) is 2. The van der Waals surface area contributed by atoms with E-state index in [0.717, 1.165) is 4.88 Å². The van der Waals surface area contributed by atoms with E-state index in [9.17, 15) is 9.18 Å². The first-order valence-electron chi connectivity index (χ1n) is 4.98. The fraction of sp³-hybridized carbons (Fsp3) is 0. The topological polar surface area (TPSA) is 43.1 Å². The maximum absolute atomic E-state index is 12.8. The molecule has 86 valence electrons. The minimum Gasteiger partial charge on any atom is -0.366 e. The van der Waals surface area contributed by atoms with Crippen LogP contribution >= 0.6 is 11.3 Å². The molecule has 0 atom stereocenters. The van der Waals surface area contributed by atoms with Gasteiger partial charge in [0, 0.05) is 10.5 Å². The quantitative estimate of drug-likeness (QED) is 0.833. The second-order valence-electron chi connectivity index (χ2n) is 3.44. The summed E-state index contributed by atoms with van der Waals surface area (Å²) in [7, 11) is 0. The number of halogens is 1. The van der Waals surface area contributed by atoms with Gasteiger partial charge in [-0.3, -0.25) is 4.79 Å². The first kappa shape index (κ1) is 11.5. The average molecular weight is 247 g/mol. The molecular weight excluding hydrogens is 237 g/mol. The summed E-state index contributed by atoms with van der Waals surface area (Å²) in [6.45, 7) is 0. The van der Waals surface area contributed by atoms with E-state index >= 15 is 0 Å². The number of carbonyl (C=O) groups excluding carboxylic acids is 1. The first-order valence-corrected chi connectivity index (χ1v) is 5.86. The molecule has 0 spiro atoms. The number of amides is 1. The van der Waals surface area contributed by atoms with Gasteiger partial charge in [0.05, 0.1) is 0 Å². The third-order valence-corrected chi connectivity index (χ3v) is 3.07. The Labute approximate surface area is 102 Å². The normalized spacial score (nSPS) is 11.5. The molecule has 0 unspecified atom stereocenters. The molecule has 2 N–H and O–H groups in total. The zero-order valence-corrected chi connectivity index (χ0v) is 9.71. The highest BCUT2D eigenvalue weighted by Crippen LogP contribution is 2.20. The molecule has 17 heavy (non-hydrogen) atoms. The summed E-state index contributed by atoms with van der Waals surface area (Å²) in [6.07, 6.45) is 1.71. The molecule has 1 aromatic carbocycles. The van der Waals surface area contributed by atoms with Crippen molar-refractivity contribution in [2.45, 2.75) is 0 Å². The number of carbonyl (C=O) groups is 1. The molecule has 0 aliphatic heterocycles. The minimum atomic E-state index is -0.523. The van der Waals surface area contributed by atoms with E-state index < -0.39 is 5.91 Å². The summed E-state index contributed by atoms with van der Waals surface area (Å²) in [4.78, 5) is 12.3. The van der Waals surface area contributed by atoms with Gasteiger partial charge in [-0.2, -0.15) is 0 Å². The first-order chi connectivity index (χ1) is 8.16. The maximum atomic E-state index is 12.8. The molecule has 0 bridgehead atoms. The molecule has 1 heterocycles. The van der Waals surface area contributed by atoms with E-state index in [0.29, 0.717) is 11.1 Å². The van der Waals surface area contributed by atoms with Gasteiger partial charge in [-0.15, -0.1) is 11.3 Å². The molecule has 0 fully saturated rings. The minimum absolute atomic E-state index is 0.339. The Kier molecular flexibility index (Phi) is 3.35. The monoisotopic (exact) mass is 247 g/mol. The molecule has 4 heteroatoms. The lowest BCUT2D eigenvalue weighted by atomic mass is 10.0. The van der Waals surface area contributed by atoms with Crippen LogP contribution in [0.15, 0.2) is 41.8 Å². The molecule has 1 amide bonds. The van der Waals surface area contributed by atoms with Crippen LogP contribution in [0.1, 0.15) is 10.4 Å². The van der Waals surface area contributed by atoms with Crippen molar-refractivity contribution in [2.24, 2.45) is 5.73 Å². The number of rotatable bonds is 3. The van der Waals surface area contributed by atoms with E-state index in [1.807, 2.05) is 17.5 Å². The predicted octanol–water partition coefficient (Wildman–Crippen LogP) is 2.91. The van der Waals surface area contributed by atoms with Crippen LogP contribution in [0, 0.1) is 5.82 Å². The smallest absolute Gasteiger partial charge is 0.249 e. The van der Waals surface area contributed by atoms with Crippen molar-refractivity contribution in [1.82, 2.24) is 0 Å². The molecule has 0 radical (unpaired) electrons. The SMILES string of the molecule is NC(=O)/C(=C/c1cccs1)c1ccc(F)cc1. The van der Waals surface area contributed by atoms with Gasteiger partial charge in [0.15, 0.2) is 0 Å². The Morgan fingerprint density at radius 3 is 2.47 bits per heavy atom. The maximum Gasteiger partial charge on any atom is 0.249 e. The Morgan fingerprint density at radius 2 is 1.94 bits per heavy atom. The van der Waals surface area contributed by atoms with Crippen molar-refractivity contribution in [1.29, 1.82) is 0 Å². The highest BCUT2D eigenvalue weighted by Gasteiger charge is 2.08. The fourth-order valence-corrected chi connectivity index (χ4v) is 2.10. The van der Waals surface area contributed by atoms with Crippen LogP contribution in [-0.2, 0) is 4.79 Å². The lowest BCUT2D eigenvalue weighted by molar-refractivity contribution is -0.112. The van der Waals surface area contributed by atoms with E-state index in [4.69, 9.17) is 5.73 Å². The van der Waals surface area contributed by atoms with Crippen LogP contribution in [0.5, 0.6) is 0 Å². The van der Waals surface area contributed by atoms with Crippen LogP contribution in [0.2, 0.25) is 0 Å². The van der Waals surface area contributed by atoms with Crippen LogP contribution < -0.4 is 5.73 Å². The molecule has 1 aromatic heterocycles. The van der Waals surface area contributed by atoms with Crippen LogP contribution in [0.3, 0.4) is 0 Å². The van der Waals surface area contributed by atoms with Gasteiger partial charge in [0.2, 0.25) is 5.91 Å². The van der Waals surface area contributed by atoms with Crippen LogP contribution in [-0.4, -0.2) is 5.91 Å². The molecule has 2 rings (SSSR count). The zero-order valence-electron chi connectivity index (χ0n) is 8.89. The molecule has 0 aliphatic carbocycles. The predicted molar refractivity (Wildman–Crippen MR) is 67.8 cm³/mol. The zero-order chi connectivity index (χ0) is 12.3. The Bertz CT molecular complexity index is 543. The van der Waals surface area contributed by atoms with Gasteiger partial charge in [0.25, 0.3) is 0 Å². The lowest BCUT2D eigenvalue weighted by Crippen LogP contribution is -2.12. The second kappa shape index (κ2) is 4.93. The van der Waals surface area contributed by atoms with Gasteiger partial charge in [-0.1, -0.05) is 18.2 Å². The second-order valence-corrected chi connectivity index (χ2v) is 4.42. The third-order valence-electron chi connectivity index (χ3n) is 2.25. The lowest BCUT2D eigenvalue weighted by Gasteiger charge is -2.03. The number of hydrogen-bond donors (Lipinski definition) is 1. The molecule has 0 saturated heterocycles. The van der Waals surface area contributed by atoms with E-state index in [2.05, 4.69) is 0 Å². The molecule has 0 saturated carbocycles.